The summed E-state index contributed by atoms with van der Waals surface area (Å²) < 4.78 is 1.89. The molecule has 0 aliphatic heterocycles. The maximum Gasteiger partial charge on any atom is 0.325 e. The highest BCUT2D eigenvalue weighted by Crippen LogP contribution is 2.22. The first kappa shape index (κ1) is 10.9. The smallest absolute Gasteiger partial charge is 0.325 e. The number of halogens is 2. The van der Waals surface area contributed by atoms with Crippen LogP contribution in [-0.4, -0.2) is 11.1 Å². The van der Waals surface area contributed by atoms with Crippen LogP contribution in [0.4, 0.5) is 0 Å². The van der Waals surface area contributed by atoms with E-state index in [4.69, 9.17) is 10.8 Å². The molecule has 0 aliphatic rings. The second-order valence-electron chi connectivity index (χ2n) is 2.49. The molecular weight excluding hydrogens is 349 g/mol. The Kier molecular flexibility index (Phi) is 3.69. The van der Waals surface area contributed by atoms with Crippen LogP contribution in [0.15, 0.2) is 22.7 Å². The third-order valence-electron chi connectivity index (χ3n) is 1.57. The largest absolute Gasteiger partial charge is 0.480 e. The van der Waals surface area contributed by atoms with Crippen molar-refractivity contribution in [2.24, 2.45) is 5.73 Å². The van der Waals surface area contributed by atoms with Crippen LogP contribution < -0.4 is 5.73 Å². The van der Waals surface area contributed by atoms with Gasteiger partial charge in [0.05, 0.1) is 0 Å². The maximum atomic E-state index is 10.6. The average Bonchev–Trinajstić information content (AvgIpc) is 2.08. The molecule has 1 atom stereocenters. The molecule has 0 aliphatic carbocycles. The second kappa shape index (κ2) is 4.39. The number of carboxylic acids is 1. The van der Waals surface area contributed by atoms with E-state index < -0.39 is 12.0 Å². The fraction of sp³-hybridized carbons (Fsp3) is 0.125. The molecule has 0 unspecified atom stereocenters. The van der Waals surface area contributed by atoms with Crippen molar-refractivity contribution in [1.82, 2.24) is 0 Å². The zero-order chi connectivity index (χ0) is 10.0. The molecule has 5 heteroatoms. The maximum absolute atomic E-state index is 10.6. The lowest BCUT2D eigenvalue weighted by molar-refractivity contribution is -0.138. The summed E-state index contributed by atoms with van der Waals surface area (Å²) in [4.78, 5) is 10.6. The van der Waals surface area contributed by atoms with Gasteiger partial charge in [0.2, 0.25) is 0 Å². The van der Waals surface area contributed by atoms with Gasteiger partial charge in [-0.3, -0.25) is 4.79 Å². The summed E-state index contributed by atoms with van der Waals surface area (Å²) in [7, 11) is 0. The molecule has 0 radical (unpaired) electrons. The third kappa shape index (κ3) is 2.65. The summed E-state index contributed by atoms with van der Waals surface area (Å²) in [5.74, 6) is -1.02. The van der Waals surface area contributed by atoms with Crippen LogP contribution in [-0.2, 0) is 4.79 Å². The van der Waals surface area contributed by atoms with Gasteiger partial charge in [0.25, 0.3) is 0 Å². The number of carbonyl (C=O) groups is 1. The second-order valence-corrected chi connectivity index (χ2v) is 4.51. The van der Waals surface area contributed by atoms with Crippen LogP contribution in [0.5, 0.6) is 0 Å². The van der Waals surface area contributed by atoms with Gasteiger partial charge in [0.15, 0.2) is 0 Å². The third-order valence-corrected chi connectivity index (χ3v) is 3.89. The quantitative estimate of drug-likeness (QED) is 0.799. The van der Waals surface area contributed by atoms with E-state index in [0.717, 1.165) is 8.04 Å². The average molecular weight is 356 g/mol. The van der Waals surface area contributed by atoms with Gasteiger partial charge in [-0.05, 0) is 56.2 Å². The standard InChI is InChI=1S/C8H7BrINO2/c9-5-2-1-4(3-6(5)10)7(11)8(12)13/h1-3,7H,11H2,(H,12,13)/t7-/m0/s1. The van der Waals surface area contributed by atoms with E-state index in [1.165, 1.54) is 0 Å². The van der Waals surface area contributed by atoms with Crippen molar-refractivity contribution in [2.75, 3.05) is 0 Å². The lowest BCUT2D eigenvalue weighted by Gasteiger charge is -2.07. The molecule has 70 valence electrons. The molecule has 1 aromatic rings. The van der Waals surface area contributed by atoms with Crippen molar-refractivity contribution >= 4 is 44.5 Å². The predicted octanol–water partition coefficient (Wildman–Crippen LogP) is 2.14. The monoisotopic (exact) mass is 355 g/mol. The lowest BCUT2D eigenvalue weighted by Crippen LogP contribution is -2.20. The summed E-state index contributed by atoms with van der Waals surface area (Å²) in [6.45, 7) is 0. The highest BCUT2D eigenvalue weighted by molar-refractivity contribution is 14.1. The summed E-state index contributed by atoms with van der Waals surface area (Å²) in [5, 5.41) is 8.66. The first-order valence-electron chi connectivity index (χ1n) is 3.45. The summed E-state index contributed by atoms with van der Waals surface area (Å²) in [6.07, 6.45) is 0. The van der Waals surface area contributed by atoms with Crippen molar-refractivity contribution in [3.8, 4) is 0 Å². The van der Waals surface area contributed by atoms with Crippen LogP contribution in [0.2, 0.25) is 0 Å². The number of hydrogen-bond acceptors (Lipinski definition) is 2. The van der Waals surface area contributed by atoms with Crippen molar-refractivity contribution in [3.63, 3.8) is 0 Å². The molecule has 0 bridgehead atoms. The Balaban J connectivity index is 3.03. The minimum Gasteiger partial charge on any atom is -0.480 e. The molecule has 0 saturated heterocycles. The topological polar surface area (TPSA) is 63.3 Å². The molecule has 1 aromatic carbocycles. The highest BCUT2D eigenvalue weighted by Gasteiger charge is 2.14. The van der Waals surface area contributed by atoms with Crippen molar-refractivity contribution < 1.29 is 9.90 Å². The van der Waals surface area contributed by atoms with Gasteiger partial charge in [-0.15, -0.1) is 0 Å². The number of carboxylic acid groups (broad SMARTS) is 1. The van der Waals surface area contributed by atoms with Gasteiger partial charge in [0.1, 0.15) is 6.04 Å². The molecular formula is C8H7BrINO2. The minimum absolute atomic E-state index is 0.611. The van der Waals surface area contributed by atoms with Gasteiger partial charge < -0.3 is 10.8 Å². The molecule has 3 nitrogen and oxygen atoms in total. The zero-order valence-corrected chi connectivity index (χ0v) is 10.2. The van der Waals surface area contributed by atoms with Crippen LogP contribution in [0.25, 0.3) is 0 Å². The normalized spacial score (nSPS) is 12.5. The Morgan fingerprint density at radius 3 is 2.69 bits per heavy atom. The molecule has 0 aromatic heterocycles. The van der Waals surface area contributed by atoms with E-state index in [-0.39, 0.29) is 0 Å². The molecule has 1 rings (SSSR count). The summed E-state index contributed by atoms with van der Waals surface area (Å²) >= 11 is 5.43. The summed E-state index contributed by atoms with van der Waals surface area (Å²) in [5.41, 5.74) is 6.05. The van der Waals surface area contributed by atoms with Gasteiger partial charge in [-0.1, -0.05) is 6.07 Å². The minimum atomic E-state index is -1.02. The van der Waals surface area contributed by atoms with Gasteiger partial charge >= 0.3 is 5.97 Å². The number of nitrogens with two attached hydrogens (primary N) is 1. The van der Waals surface area contributed by atoms with Crippen LogP contribution >= 0.6 is 38.5 Å². The number of aliphatic carboxylic acids is 1. The lowest BCUT2D eigenvalue weighted by atomic mass is 10.1. The number of hydrogen-bond donors (Lipinski definition) is 2. The molecule has 0 spiro atoms. The molecule has 0 heterocycles. The first-order valence-corrected chi connectivity index (χ1v) is 5.33. The Hall–Kier alpha value is -0.140. The molecule has 0 amide bonds. The van der Waals surface area contributed by atoms with E-state index in [0.29, 0.717) is 5.56 Å². The zero-order valence-electron chi connectivity index (χ0n) is 6.50. The van der Waals surface area contributed by atoms with Crippen LogP contribution in [0.1, 0.15) is 11.6 Å². The van der Waals surface area contributed by atoms with Crippen LogP contribution in [0.3, 0.4) is 0 Å². The van der Waals surface area contributed by atoms with Crippen LogP contribution in [0, 0.1) is 3.57 Å². The molecule has 13 heavy (non-hydrogen) atoms. The Labute approximate surface area is 97.6 Å². The Morgan fingerprint density at radius 1 is 1.62 bits per heavy atom. The fourth-order valence-corrected chi connectivity index (χ4v) is 1.63. The molecule has 3 N–H and O–H groups in total. The molecule has 0 saturated carbocycles. The van der Waals surface area contributed by atoms with Gasteiger partial charge in [-0.2, -0.15) is 0 Å². The van der Waals surface area contributed by atoms with Crippen molar-refractivity contribution in [3.05, 3.63) is 31.8 Å². The fourth-order valence-electron chi connectivity index (χ4n) is 0.848. The van der Waals surface area contributed by atoms with Gasteiger partial charge in [-0.25, -0.2) is 0 Å². The van der Waals surface area contributed by atoms with Crippen molar-refractivity contribution in [1.29, 1.82) is 0 Å². The number of benzene rings is 1. The Morgan fingerprint density at radius 2 is 2.23 bits per heavy atom. The van der Waals surface area contributed by atoms with E-state index in [1.54, 1.807) is 18.2 Å². The first-order chi connectivity index (χ1) is 6.02. The Bertz CT molecular complexity index is 343. The van der Waals surface area contributed by atoms with E-state index in [9.17, 15) is 4.79 Å². The van der Waals surface area contributed by atoms with E-state index >= 15 is 0 Å². The molecule has 0 fully saturated rings. The highest BCUT2D eigenvalue weighted by atomic mass is 127. The van der Waals surface area contributed by atoms with Crippen molar-refractivity contribution in [2.45, 2.75) is 6.04 Å². The van der Waals surface area contributed by atoms with E-state index in [2.05, 4.69) is 38.5 Å². The summed E-state index contributed by atoms with van der Waals surface area (Å²) in [6, 6.07) is 4.30. The SMILES string of the molecule is N[C@H](C(=O)O)c1ccc(Br)c(I)c1. The van der Waals surface area contributed by atoms with Gasteiger partial charge in [0, 0.05) is 8.04 Å². The predicted molar refractivity (Wildman–Crippen MR) is 61.4 cm³/mol. The van der Waals surface area contributed by atoms with E-state index in [1.807, 2.05) is 0 Å². The number of rotatable bonds is 2.